The predicted octanol–water partition coefficient (Wildman–Crippen LogP) is 4.14. The van der Waals surface area contributed by atoms with Gasteiger partial charge in [-0.05, 0) is 18.4 Å². The van der Waals surface area contributed by atoms with Crippen LogP contribution in [0.15, 0.2) is 18.3 Å². The summed E-state index contributed by atoms with van der Waals surface area (Å²) in [6.07, 6.45) is 8.49. The van der Waals surface area contributed by atoms with Crippen molar-refractivity contribution in [1.29, 1.82) is 0 Å². The molecule has 0 spiro atoms. The Hall–Kier alpha value is -1.25. The van der Waals surface area contributed by atoms with Gasteiger partial charge in [-0.15, -0.1) is 0 Å². The summed E-state index contributed by atoms with van der Waals surface area (Å²) in [6, 6.07) is 4.05. The SMILES string of the molecule is CNc1cc(NCCCCCCC(C)C)ccn1. The molecule has 0 unspecified atom stereocenters. The quantitative estimate of drug-likeness (QED) is 0.646. The van der Waals surface area contributed by atoms with Crippen molar-refractivity contribution in [3.8, 4) is 0 Å². The Labute approximate surface area is 111 Å². The van der Waals surface area contributed by atoms with Crippen molar-refractivity contribution in [2.75, 3.05) is 24.2 Å². The molecule has 0 saturated carbocycles. The van der Waals surface area contributed by atoms with Gasteiger partial charge in [0.15, 0.2) is 0 Å². The predicted molar refractivity (Wildman–Crippen MR) is 80.2 cm³/mol. The second-order valence-corrected chi connectivity index (χ2v) is 5.20. The van der Waals surface area contributed by atoms with Gasteiger partial charge in [0.25, 0.3) is 0 Å². The van der Waals surface area contributed by atoms with E-state index in [4.69, 9.17) is 0 Å². The first-order valence-electron chi connectivity index (χ1n) is 7.10. The van der Waals surface area contributed by atoms with Gasteiger partial charge in [0.05, 0.1) is 0 Å². The molecular weight excluding hydrogens is 222 g/mol. The van der Waals surface area contributed by atoms with Gasteiger partial charge in [-0.1, -0.05) is 39.5 Å². The van der Waals surface area contributed by atoms with Crippen molar-refractivity contribution in [1.82, 2.24) is 4.98 Å². The molecule has 2 N–H and O–H groups in total. The fourth-order valence-corrected chi connectivity index (χ4v) is 1.94. The van der Waals surface area contributed by atoms with E-state index in [0.29, 0.717) is 0 Å². The van der Waals surface area contributed by atoms with Gasteiger partial charge in [0.2, 0.25) is 0 Å². The molecule has 0 aliphatic rings. The van der Waals surface area contributed by atoms with E-state index in [1.165, 1.54) is 32.1 Å². The molecule has 3 nitrogen and oxygen atoms in total. The summed E-state index contributed by atoms with van der Waals surface area (Å²) in [5, 5.41) is 6.48. The molecule has 18 heavy (non-hydrogen) atoms. The third-order valence-corrected chi connectivity index (χ3v) is 3.05. The van der Waals surface area contributed by atoms with E-state index in [1.807, 2.05) is 25.4 Å². The first kappa shape index (κ1) is 14.8. The Morgan fingerprint density at radius 3 is 2.67 bits per heavy atom. The lowest BCUT2D eigenvalue weighted by Crippen LogP contribution is -2.02. The molecule has 3 heteroatoms. The van der Waals surface area contributed by atoms with Crippen LogP contribution in [0.5, 0.6) is 0 Å². The number of rotatable bonds is 9. The Morgan fingerprint density at radius 2 is 1.94 bits per heavy atom. The molecule has 0 bridgehead atoms. The second kappa shape index (κ2) is 8.78. The third-order valence-electron chi connectivity index (χ3n) is 3.05. The van der Waals surface area contributed by atoms with E-state index < -0.39 is 0 Å². The molecule has 0 fully saturated rings. The molecule has 1 rings (SSSR count). The highest BCUT2D eigenvalue weighted by Gasteiger charge is 1.96. The van der Waals surface area contributed by atoms with Crippen LogP contribution in [-0.4, -0.2) is 18.6 Å². The number of hydrogen-bond donors (Lipinski definition) is 2. The molecule has 0 aliphatic heterocycles. The summed E-state index contributed by atoms with van der Waals surface area (Å²) in [5.74, 6) is 1.76. The fraction of sp³-hybridized carbons (Fsp3) is 0.667. The summed E-state index contributed by atoms with van der Waals surface area (Å²) in [6.45, 7) is 5.64. The second-order valence-electron chi connectivity index (χ2n) is 5.20. The average molecular weight is 249 g/mol. The smallest absolute Gasteiger partial charge is 0.127 e. The number of aromatic nitrogens is 1. The highest BCUT2D eigenvalue weighted by atomic mass is 15.0. The van der Waals surface area contributed by atoms with Crippen LogP contribution in [0, 0.1) is 5.92 Å². The van der Waals surface area contributed by atoms with Gasteiger partial charge >= 0.3 is 0 Å². The van der Waals surface area contributed by atoms with Gasteiger partial charge in [-0.25, -0.2) is 4.98 Å². The monoisotopic (exact) mass is 249 g/mol. The Bertz CT molecular complexity index is 323. The number of nitrogens with one attached hydrogen (secondary N) is 2. The number of pyridine rings is 1. The maximum atomic E-state index is 4.19. The van der Waals surface area contributed by atoms with E-state index in [-0.39, 0.29) is 0 Å². The Morgan fingerprint density at radius 1 is 1.17 bits per heavy atom. The Balaban J connectivity index is 2.06. The third kappa shape index (κ3) is 6.48. The van der Waals surface area contributed by atoms with Crippen LogP contribution in [-0.2, 0) is 0 Å². The van der Waals surface area contributed by atoms with Crippen LogP contribution >= 0.6 is 0 Å². The van der Waals surface area contributed by atoms with Crippen LogP contribution < -0.4 is 10.6 Å². The Kier molecular flexibility index (Phi) is 7.23. The van der Waals surface area contributed by atoms with E-state index in [1.54, 1.807) is 0 Å². The zero-order valence-corrected chi connectivity index (χ0v) is 12.0. The number of unbranched alkanes of at least 4 members (excludes halogenated alkanes) is 3. The van der Waals surface area contributed by atoms with Crippen LogP contribution in [0.4, 0.5) is 11.5 Å². The molecule has 0 radical (unpaired) electrons. The van der Waals surface area contributed by atoms with Crippen LogP contribution in [0.3, 0.4) is 0 Å². The van der Waals surface area contributed by atoms with E-state index >= 15 is 0 Å². The van der Waals surface area contributed by atoms with Crippen LogP contribution in [0.25, 0.3) is 0 Å². The topological polar surface area (TPSA) is 37.0 Å². The van der Waals surface area contributed by atoms with Crippen molar-refractivity contribution in [3.05, 3.63) is 18.3 Å². The minimum Gasteiger partial charge on any atom is -0.385 e. The first-order valence-corrected chi connectivity index (χ1v) is 7.10. The van der Waals surface area contributed by atoms with Gasteiger partial charge in [-0.2, -0.15) is 0 Å². The molecule has 0 aliphatic carbocycles. The fourth-order valence-electron chi connectivity index (χ4n) is 1.94. The van der Waals surface area contributed by atoms with Crippen molar-refractivity contribution in [2.45, 2.75) is 46.0 Å². The molecule has 0 amide bonds. The summed E-state index contributed by atoms with van der Waals surface area (Å²) in [7, 11) is 1.89. The lowest BCUT2D eigenvalue weighted by atomic mass is 10.0. The molecule has 1 aromatic rings. The number of hydrogen-bond acceptors (Lipinski definition) is 3. The first-order chi connectivity index (χ1) is 8.72. The van der Waals surface area contributed by atoms with E-state index in [9.17, 15) is 0 Å². The summed E-state index contributed by atoms with van der Waals surface area (Å²) >= 11 is 0. The van der Waals surface area contributed by atoms with Crippen molar-refractivity contribution in [2.24, 2.45) is 5.92 Å². The number of nitrogens with zero attached hydrogens (tertiary/aromatic N) is 1. The van der Waals surface area contributed by atoms with E-state index in [2.05, 4.69) is 29.5 Å². The molecule has 102 valence electrons. The average Bonchev–Trinajstić information content (AvgIpc) is 2.37. The summed E-state index contributed by atoms with van der Waals surface area (Å²) in [5.41, 5.74) is 1.15. The minimum absolute atomic E-state index is 0.847. The molecular formula is C15H27N3. The number of anilines is 2. The zero-order chi connectivity index (χ0) is 13.2. The van der Waals surface area contributed by atoms with Gasteiger partial charge in [0.1, 0.15) is 5.82 Å². The van der Waals surface area contributed by atoms with E-state index in [0.717, 1.165) is 24.0 Å². The maximum Gasteiger partial charge on any atom is 0.127 e. The molecule has 0 saturated heterocycles. The normalized spacial score (nSPS) is 10.7. The van der Waals surface area contributed by atoms with Gasteiger partial charge in [0, 0.05) is 31.5 Å². The van der Waals surface area contributed by atoms with Gasteiger partial charge < -0.3 is 10.6 Å². The highest BCUT2D eigenvalue weighted by molar-refractivity contribution is 5.51. The van der Waals surface area contributed by atoms with Crippen LogP contribution in [0.2, 0.25) is 0 Å². The molecule has 1 heterocycles. The standard InChI is InChI=1S/C15H27N3/c1-13(2)8-6-4-5-7-10-17-14-9-11-18-15(12-14)16-3/h9,11-13H,4-8,10H2,1-3H3,(H2,16,17,18). The molecule has 0 atom stereocenters. The lowest BCUT2D eigenvalue weighted by molar-refractivity contribution is 0.523. The van der Waals surface area contributed by atoms with Crippen LogP contribution in [0.1, 0.15) is 46.0 Å². The summed E-state index contributed by atoms with van der Waals surface area (Å²) in [4.78, 5) is 4.19. The van der Waals surface area contributed by atoms with Crippen molar-refractivity contribution < 1.29 is 0 Å². The minimum atomic E-state index is 0.847. The van der Waals surface area contributed by atoms with Crippen molar-refractivity contribution >= 4 is 11.5 Å². The van der Waals surface area contributed by atoms with Crippen molar-refractivity contribution in [3.63, 3.8) is 0 Å². The molecule has 1 aromatic heterocycles. The van der Waals surface area contributed by atoms with Gasteiger partial charge in [-0.3, -0.25) is 0 Å². The highest BCUT2D eigenvalue weighted by Crippen LogP contribution is 2.12. The lowest BCUT2D eigenvalue weighted by Gasteiger charge is -2.08. The summed E-state index contributed by atoms with van der Waals surface area (Å²) < 4.78 is 0. The zero-order valence-electron chi connectivity index (χ0n) is 12.0. The largest absolute Gasteiger partial charge is 0.385 e. The molecule has 0 aromatic carbocycles. The maximum absolute atomic E-state index is 4.19.